The van der Waals surface area contributed by atoms with Crippen molar-refractivity contribution in [1.82, 2.24) is 10.3 Å². The molecule has 0 spiro atoms. The number of furan rings is 1. The molecule has 0 saturated heterocycles. The first-order valence-electron chi connectivity index (χ1n) is 9.11. The molecule has 0 saturated carbocycles. The molecule has 2 aromatic heterocycles. The van der Waals surface area contributed by atoms with Gasteiger partial charge in [-0.3, -0.25) is 9.59 Å². The van der Waals surface area contributed by atoms with E-state index in [2.05, 4.69) is 10.3 Å². The zero-order valence-corrected chi connectivity index (χ0v) is 15.7. The second-order valence-corrected chi connectivity index (χ2v) is 6.81. The van der Waals surface area contributed by atoms with Gasteiger partial charge in [0.1, 0.15) is 11.5 Å². The zero-order valence-electron chi connectivity index (χ0n) is 15.7. The molecule has 4 rings (SSSR count). The molecule has 0 fully saturated rings. The maximum atomic E-state index is 12.6. The summed E-state index contributed by atoms with van der Waals surface area (Å²) >= 11 is 0. The molecule has 5 nitrogen and oxygen atoms in total. The molecule has 4 aromatic rings. The van der Waals surface area contributed by atoms with Crippen molar-refractivity contribution < 1.29 is 14.0 Å². The molecule has 0 bridgehead atoms. The molecule has 2 aromatic carbocycles. The summed E-state index contributed by atoms with van der Waals surface area (Å²) in [5, 5.41) is 2.95. The van der Waals surface area contributed by atoms with Crippen LogP contribution in [0.5, 0.6) is 0 Å². The average molecular weight is 372 g/mol. The Morgan fingerprint density at radius 3 is 2.50 bits per heavy atom. The number of ketones is 1. The van der Waals surface area contributed by atoms with Crippen LogP contribution in [-0.2, 0) is 0 Å². The minimum Gasteiger partial charge on any atom is -0.454 e. The predicted molar refractivity (Wildman–Crippen MR) is 108 cm³/mol. The van der Waals surface area contributed by atoms with Gasteiger partial charge >= 0.3 is 0 Å². The summed E-state index contributed by atoms with van der Waals surface area (Å²) in [6, 6.07) is 20.5. The summed E-state index contributed by atoms with van der Waals surface area (Å²) in [5.41, 5.74) is 4.33. The Morgan fingerprint density at radius 1 is 1.00 bits per heavy atom. The second-order valence-electron chi connectivity index (χ2n) is 6.81. The van der Waals surface area contributed by atoms with Crippen LogP contribution in [0.3, 0.4) is 0 Å². The van der Waals surface area contributed by atoms with Gasteiger partial charge in [0.2, 0.25) is 0 Å². The van der Waals surface area contributed by atoms with Crippen molar-refractivity contribution in [3.05, 3.63) is 83.6 Å². The van der Waals surface area contributed by atoms with E-state index in [0.717, 1.165) is 22.4 Å². The quantitative estimate of drug-likeness (QED) is 0.477. The van der Waals surface area contributed by atoms with Crippen molar-refractivity contribution in [2.24, 2.45) is 0 Å². The Kier molecular flexibility index (Phi) is 4.57. The van der Waals surface area contributed by atoms with Crippen LogP contribution < -0.4 is 5.32 Å². The number of carbonyl (C=O) groups excluding carboxylic acids is 2. The van der Waals surface area contributed by atoms with Gasteiger partial charge in [0.25, 0.3) is 5.91 Å². The lowest BCUT2D eigenvalue weighted by atomic mass is 10.0. The van der Waals surface area contributed by atoms with E-state index >= 15 is 0 Å². The van der Waals surface area contributed by atoms with Crippen molar-refractivity contribution in [2.75, 3.05) is 0 Å². The van der Waals surface area contributed by atoms with E-state index in [1.807, 2.05) is 55.5 Å². The lowest BCUT2D eigenvalue weighted by Crippen LogP contribution is -2.27. The van der Waals surface area contributed by atoms with Crippen molar-refractivity contribution in [3.63, 3.8) is 0 Å². The van der Waals surface area contributed by atoms with Gasteiger partial charge in [0.05, 0.1) is 11.6 Å². The number of nitrogens with one attached hydrogen (secondary N) is 2. The Bertz CT molecular complexity index is 1120. The Hall–Kier alpha value is -3.60. The predicted octanol–water partition coefficient (Wildman–Crippen LogP) is 5.12. The van der Waals surface area contributed by atoms with Crippen LogP contribution in [-0.4, -0.2) is 16.7 Å². The summed E-state index contributed by atoms with van der Waals surface area (Å²) in [6.07, 6.45) is 0. The number of carbonyl (C=O) groups is 2. The lowest BCUT2D eigenvalue weighted by Gasteiger charge is -2.14. The molecule has 28 heavy (non-hydrogen) atoms. The van der Waals surface area contributed by atoms with Gasteiger partial charge in [-0.25, -0.2) is 0 Å². The Labute approximate surface area is 162 Å². The molecule has 0 radical (unpaired) electrons. The molecule has 0 aliphatic rings. The summed E-state index contributed by atoms with van der Waals surface area (Å²) in [5.74, 6) is 0.524. The number of fused-ring (bicyclic) bond motifs is 1. The third kappa shape index (κ3) is 3.47. The summed E-state index contributed by atoms with van der Waals surface area (Å²) in [4.78, 5) is 27.3. The maximum absolute atomic E-state index is 12.6. The van der Waals surface area contributed by atoms with Gasteiger partial charge in [-0.05, 0) is 25.5 Å². The highest BCUT2D eigenvalue weighted by atomic mass is 16.3. The van der Waals surface area contributed by atoms with Gasteiger partial charge in [0.15, 0.2) is 11.4 Å². The first kappa shape index (κ1) is 17.8. The van der Waals surface area contributed by atoms with Crippen LogP contribution in [0.1, 0.15) is 46.3 Å². The summed E-state index contributed by atoms with van der Waals surface area (Å²) in [6.45, 7) is 3.41. The Morgan fingerprint density at radius 2 is 1.79 bits per heavy atom. The van der Waals surface area contributed by atoms with Crippen LogP contribution in [0, 0.1) is 0 Å². The lowest BCUT2D eigenvalue weighted by molar-refractivity contribution is 0.0935. The molecule has 5 heteroatoms. The van der Waals surface area contributed by atoms with Crippen molar-refractivity contribution in [1.29, 1.82) is 0 Å². The first-order chi connectivity index (χ1) is 13.5. The van der Waals surface area contributed by atoms with Crippen LogP contribution in [0.15, 0.2) is 71.1 Å². The van der Waals surface area contributed by atoms with E-state index in [9.17, 15) is 9.59 Å². The largest absolute Gasteiger partial charge is 0.454 e. The number of hydrogen-bond donors (Lipinski definition) is 2. The van der Waals surface area contributed by atoms with Crippen LogP contribution >= 0.6 is 0 Å². The highest BCUT2D eigenvalue weighted by Gasteiger charge is 2.17. The van der Waals surface area contributed by atoms with E-state index in [-0.39, 0.29) is 17.7 Å². The monoisotopic (exact) mass is 372 g/mol. The highest BCUT2D eigenvalue weighted by Crippen LogP contribution is 2.28. The maximum Gasteiger partial charge on any atom is 0.268 e. The molecule has 1 atom stereocenters. The van der Waals surface area contributed by atoms with Crippen molar-refractivity contribution in [2.45, 2.75) is 19.9 Å². The SMILES string of the molecule is CC(=O)c1cccc(C(C)NC(=O)c2cc3oc(-c4ccccc4)cc3[nH]2)c1. The normalized spacial score (nSPS) is 12.1. The number of benzene rings is 2. The van der Waals surface area contributed by atoms with Crippen LogP contribution in [0.4, 0.5) is 0 Å². The number of aromatic nitrogens is 1. The van der Waals surface area contributed by atoms with E-state index in [1.54, 1.807) is 18.2 Å². The molecule has 0 aliphatic heterocycles. The molecule has 140 valence electrons. The number of Topliss-reactive ketones (excluding diaryl/α,β-unsaturated/α-hetero) is 1. The van der Waals surface area contributed by atoms with Crippen LogP contribution in [0.25, 0.3) is 22.4 Å². The van der Waals surface area contributed by atoms with E-state index in [1.165, 1.54) is 6.92 Å². The van der Waals surface area contributed by atoms with Gasteiger partial charge in [-0.2, -0.15) is 0 Å². The topological polar surface area (TPSA) is 75.1 Å². The first-order valence-corrected chi connectivity index (χ1v) is 9.11. The number of aromatic amines is 1. The highest BCUT2D eigenvalue weighted by molar-refractivity contribution is 5.98. The fourth-order valence-electron chi connectivity index (χ4n) is 3.17. The minimum absolute atomic E-state index is 0.000624. The van der Waals surface area contributed by atoms with Gasteiger partial charge in [-0.1, -0.05) is 48.5 Å². The number of H-pyrrole nitrogens is 1. The van der Waals surface area contributed by atoms with Crippen molar-refractivity contribution >= 4 is 22.8 Å². The third-order valence-electron chi connectivity index (χ3n) is 4.75. The van der Waals surface area contributed by atoms with Crippen LogP contribution in [0.2, 0.25) is 0 Å². The number of hydrogen-bond acceptors (Lipinski definition) is 3. The molecule has 2 N–H and O–H groups in total. The van der Waals surface area contributed by atoms with Gasteiger partial charge < -0.3 is 14.7 Å². The molecular formula is C23H20N2O3. The fourth-order valence-corrected chi connectivity index (χ4v) is 3.17. The summed E-state index contributed by atoms with van der Waals surface area (Å²) in [7, 11) is 0. The van der Waals surface area contributed by atoms with E-state index in [4.69, 9.17) is 4.42 Å². The number of rotatable bonds is 5. The fraction of sp³-hybridized carbons (Fsp3) is 0.130. The molecular weight excluding hydrogens is 352 g/mol. The van der Waals surface area contributed by atoms with Gasteiger partial charge in [-0.15, -0.1) is 0 Å². The molecule has 1 unspecified atom stereocenters. The van der Waals surface area contributed by atoms with E-state index in [0.29, 0.717) is 16.8 Å². The minimum atomic E-state index is -0.235. The summed E-state index contributed by atoms with van der Waals surface area (Å²) < 4.78 is 5.87. The Balaban J connectivity index is 1.52. The van der Waals surface area contributed by atoms with E-state index < -0.39 is 0 Å². The zero-order chi connectivity index (χ0) is 19.7. The molecule has 0 aliphatic carbocycles. The average Bonchev–Trinajstić information content (AvgIpc) is 3.28. The molecule has 2 heterocycles. The third-order valence-corrected chi connectivity index (χ3v) is 4.75. The number of amides is 1. The van der Waals surface area contributed by atoms with Crippen molar-refractivity contribution in [3.8, 4) is 11.3 Å². The standard InChI is InChI=1S/C23H20N2O3/c1-14(17-9-6-10-18(11-17)15(2)26)24-23(27)20-13-22-19(25-20)12-21(28-22)16-7-4-3-5-8-16/h3-14,25H,1-2H3,(H,24,27). The van der Waals surface area contributed by atoms with Gasteiger partial charge in [0, 0.05) is 23.3 Å². The molecule has 1 amide bonds. The smallest absolute Gasteiger partial charge is 0.268 e. The second kappa shape index (κ2) is 7.19.